The molecule has 30 heavy (non-hydrogen) atoms. The van der Waals surface area contributed by atoms with Crippen molar-refractivity contribution in [3.63, 3.8) is 0 Å². The molecule has 0 spiro atoms. The van der Waals surface area contributed by atoms with Crippen LogP contribution in [0, 0.1) is 0 Å². The van der Waals surface area contributed by atoms with Crippen molar-refractivity contribution in [3.05, 3.63) is 65.7 Å². The fourth-order valence-electron chi connectivity index (χ4n) is 3.06. The van der Waals surface area contributed by atoms with Crippen molar-refractivity contribution in [2.24, 2.45) is 0 Å². The van der Waals surface area contributed by atoms with E-state index in [0.29, 0.717) is 12.3 Å². The molecule has 0 aromatic heterocycles. The Morgan fingerprint density at radius 1 is 1.00 bits per heavy atom. The van der Waals surface area contributed by atoms with Crippen molar-refractivity contribution in [3.8, 4) is 5.75 Å². The molecule has 0 fully saturated rings. The third kappa shape index (κ3) is 7.87. The molecule has 0 heterocycles. The highest BCUT2D eigenvalue weighted by Crippen LogP contribution is 2.15. The smallest absolute Gasteiger partial charge is 0.333 e. The Morgan fingerprint density at radius 2 is 1.70 bits per heavy atom. The maximum absolute atomic E-state index is 12.7. The third-order valence-electron chi connectivity index (χ3n) is 4.91. The van der Waals surface area contributed by atoms with Gasteiger partial charge in [0.15, 0.2) is 12.7 Å². The number of carbonyl (C=O) groups excluding carboxylic acids is 1. The van der Waals surface area contributed by atoms with Gasteiger partial charge < -0.3 is 19.5 Å². The Morgan fingerprint density at radius 3 is 2.30 bits per heavy atom. The average Bonchev–Trinajstić information content (AvgIpc) is 2.77. The Labute approximate surface area is 178 Å². The van der Waals surface area contributed by atoms with Crippen LogP contribution in [0.5, 0.6) is 5.75 Å². The van der Waals surface area contributed by atoms with Gasteiger partial charge in [0.2, 0.25) is 0 Å². The highest BCUT2D eigenvalue weighted by atomic mass is 16.5. The minimum Gasteiger partial charge on any atom is -0.484 e. The predicted octanol–water partition coefficient (Wildman–Crippen LogP) is 3.58. The van der Waals surface area contributed by atoms with Gasteiger partial charge in [-0.15, -0.1) is 0 Å². The molecule has 1 N–H and O–H groups in total. The minimum absolute atomic E-state index is 0.0202. The van der Waals surface area contributed by atoms with Crippen LogP contribution in [0.4, 0.5) is 0 Å². The highest BCUT2D eigenvalue weighted by molar-refractivity contribution is 5.77. The van der Waals surface area contributed by atoms with Crippen molar-refractivity contribution in [2.75, 3.05) is 26.8 Å². The van der Waals surface area contributed by atoms with E-state index >= 15 is 0 Å². The van der Waals surface area contributed by atoms with Gasteiger partial charge in [-0.1, -0.05) is 55.8 Å². The van der Waals surface area contributed by atoms with Crippen molar-refractivity contribution < 1.29 is 24.2 Å². The van der Waals surface area contributed by atoms with Gasteiger partial charge in [-0.3, -0.25) is 4.79 Å². The van der Waals surface area contributed by atoms with Crippen LogP contribution in [0.15, 0.2) is 54.6 Å². The first-order chi connectivity index (χ1) is 14.5. The van der Waals surface area contributed by atoms with Crippen molar-refractivity contribution >= 4 is 11.9 Å². The molecular formula is C24H31NO5. The van der Waals surface area contributed by atoms with Crippen molar-refractivity contribution in [1.29, 1.82) is 0 Å². The summed E-state index contributed by atoms with van der Waals surface area (Å²) in [7, 11) is 1.38. The molecule has 2 aromatic rings. The molecule has 162 valence electrons. The molecule has 0 saturated carbocycles. The quantitative estimate of drug-likeness (QED) is 0.543. The molecule has 0 aliphatic heterocycles. The van der Waals surface area contributed by atoms with Crippen LogP contribution >= 0.6 is 0 Å². The Bertz CT molecular complexity index is 776. The molecule has 1 amide bonds. The van der Waals surface area contributed by atoms with Crippen molar-refractivity contribution in [1.82, 2.24) is 4.90 Å². The molecular weight excluding hydrogens is 382 g/mol. The summed E-state index contributed by atoms with van der Waals surface area (Å²) < 4.78 is 10.6. The topological polar surface area (TPSA) is 76.1 Å². The van der Waals surface area contributed by atoms with E-state index < -0.39 is 12.1 Å². The number of nitrogens with zero attached hydrogens (tertiary/aromatic N) is 1. The fourth-order valence-corrected chi connectivity index (χ4v) is 3.06. The summed E-state index contributed by atoms with van der Waals surface area (Å²) >= 11 is 0. The largest absolute Gasteiger partial charge is 0.484 e. The number of amides is 1. The minimum atomic E-state index is -0.994. The van der Waals surface area contributed by atoms with Gasteiger partial charge >= 0.3 is 5.97 Å². The molecule has 0 saturated heterocycles. The van der Waals surface area contributed by atoms with Gasteiger partial charge in [0.1, 0.15) is 5.75 Å². The van der Waals surface area contributed by atoms with E-state index in [1.54, 1.807) is 24.3 Å². The molecule has 2 rings (SSSR count). The molecule has 0 bridgehead atoms. The summed E-state index contributed by atoms with van der Waals surface area (Å²) in [5, 5.41) is 9.07. The lowest BCUT2D eigenvalue weighted by Gasteiger charge is -2.23. The lowest BCUT2D eigenvalue weighted by atomic mass is 10.1. The predicted molar refractivity (Wildman–Crippen MR) is 116 cm³/mol. The second kappa shape index (κ2) is 12.6. The first-order valence-electron chi connectivity index (χ1n) is 10.3. The van der Waals surface area contributed by atoms with Crippen LogP contribution in [0.25, 0.3) is 0 Å². The van der Waals surface area contributed by atoms with E-state index in [0.717, 1.165) is 31.4 Å². The molecule has 1 atom stereocenters. The van der Waals surface area contributed by atoms with Crippen LogP contribution < -0.4 is 4.74 Å². The molecule has 0 aliphatic rings. The maximum atomic E-state index is 12.7. The summed E-state index contributed by atoms with van der Waals surface area (Å²) in [5.74, 6) is -0.449. The zero-order valence-corrected chi connectivity index (χ0v) is 17.8. The van der Waals surface area contributed by atoms with Crippen LogP contribution in [0.3, 0.4) is 0 Å². The normalized spacial score (nSPS) is 11.7. The maximum Gasteiger partial charge on any atom is 0.333 e. The van der Waals surface area contributed by atoms with E-state index in [1.807, 2.05) is 23.1 Å². The zero-order valence-electron chi connectivity index (χ0n) is 17.8. The van der Waals surface area contributed by atoms with E-state index in [4.69, 9.17) is 14.6 Å². The van der Waals surface area contributed by atoms with Gasteiger partial charge in [0.05, 0.1) is 0 Å². The Hall–Kier alpha value is -2.86. The number of rotatable bonds is 13. The number of unbranched alkanes of at least 4 members (excludes halogenated alkanes) is 1. The summed E-state index contributed by atoms with van der Waals surface area (Å²) in [6.45, 7) is 3.47. The van der Waals surface area contributed by atoms with E-state index in [9.17, 15) is 9.59 Å². The second-order valence-corrected chi connectivity index (χ2v) is 7.17. The highest BCUT2D eigenvalue weighted by Gasteiger charge is 2.17. The number of hydrogen-bond acceptors (Lipinski definition) is 4. The first-order valence-corrected chi connectivity index (χ1v) is 10.3. The second-order valence-electron chi connectivity index (χ2n) is 7.17. The number of carboxylic acid groups (broad SMARTS) is 1. The number of benzene rings is 2. The zero-order chi connectivity index (χ0) is 21.8. The van der Waals surface area contributed by atoms with E-state index in [-0.39, 0.29) is 18.9 Å². The molecule has 0 radical (unpaired) electrons. The van der Waals surface area contributed by atoms with E-state index in [2.05, 4.69) is 19.1 Å². The average molecular weight is 414 g/mol. The molecule has 0 aliphatic carbocycles. The summed E-state index contributed by atoms with van der Waals surface area (Å²) in [6.07, 6.45) is 2.19. The standard InChI is InChI=1S/C24H31NO5/c1-3-4-15-25(16-14-19-8-6-5-7-9-19)23(26)18-30-21-12-10-20(11-13-21)17-22(29-2)24(27)28/h5-13,22H,3-4,14-18H2,1-2H3,(H,27,28). The van der Waals surface area contributed by atoms with Crippen LogP contribution in [0.2, 0.25) is 0 Å². The van der Waals surface area contributed by atoms with Crippen LogP contribution in [-0.4, -0.2) is 54.8 Å². The summed E-state index contributed by atoms with van der Waals surface area (Å²) in [4.78, 5) is 25.6. The SMILES string of the molecule is CCCCN(CCc1ccccc1)C(=O)COc1ccc(CC(OC)C(=O)O)cc1. The van der Waals surface area contributed by atoms with Gasteiger partial charge in [0, 0.05) is 26.6 Å². The molecule has 6 nitrogen and oxygen atoms in total. The monoisotopic (exact) mass is 413 g/mol. The summed E-state index contributed by atoms with van der Waals surface area (Å²) in [6, 6.07) is 17.2. The first kappa shape index (κ1) is 23.4. The van der Waals surface area contributed by atoms with Gasteiger partial charge in [-0.25, -0.2) is 4.79 Å². The Balaban J connectivity index is 1.88. The number of hydrogen-bond donors (Lipinski definition) is 1. The lowest BCUT2D eigenvalue weighted by Crippen LogP contribution is -2.37. The fraction of sp³-hybridized carbons (Fsp3) is 0.417. The van der Waals surface area contributed by atoms with Gasteiger partial charge in [-0.05, 0) is 36.1 Å². The van der Waals surface area contributed by atoms with Crippen molar-refractivity contribution in [2.45, 2.75) is 38.7 Å². The van der Waals surface area contributed by atoms with Gasteiger partial charge in [0.25, 0.3) is 5.91 Å². The van der Waals surface area contributed by atoms with Crippen LogP contribution in [-0.2, 0) is 27.2 Å². The molecule has 2 aromatic carbocycles. The number of carbonyl (C=O) groups is 2. The molecule has 6 heteroatoms. The number of ether oxygens (including phenoxy) is 2. The Kier molecular flexibility index (Phi) is 9.87. The third-order valence-corrected chi connectivity index (χ3v) is 4.91. The molecule has 1 unspecified atom stereocenters. The van der Waals surface area contributed by atoms with Crippen LogP contribution in [0.1, 0.15) is 30.9 Å². The van der Waals surface area contributed by atoms with E-state index in [1.165, 1.54) is 12.7 Å². The number of methoxy groups -OCH3 is 1. The van der Waals surface area contributed by atoms with Gasteiger partial charge in [-0.2, -0.15) is 0 Å². The summed E-state index contributed by atoms with van der Waals surface area (Å²) in [5.41, 5.74) is 2.04. The lowest BCUT2D eigenvalue weighted by molar-refractivity contribution is -0.148. The number of carboxylic acids is 1. The number of aliphatic carboxylic acids is 1.